The minimum Gasteiger partial charge on any atom is -0.480 e. The van der Waals surface area contributed by atoms with E-state index < -0.39 is 42.0 Å². The van der Waals surface area contributed by atoms with Crippen LogP contribution in [0.15, 0.2) is 12.5 Å². The van der Waals surface area contributed by atoms with Crippen LogP contribution in [-0.4, -0.2) is 62.2 Å². The highest BCUT2D eigenvalue weighted by molar-refractivity contribution is 5.92. The van der Waals surface area contributed by atoms with Gasteiger partial charge in [-0.25, -0.2) is 4.98 Å². The third-order valence-electron chi connectivity index (χ3n) is 3.16. The lowest BCUT2D eigenvalue weighted by Crippen LogP contribution is -2.56. The Labute approximate surface area is 132 Å². The highest BCUT2D eigenvalue weighted by Crippen LogP contribution is 2.01. The van der Waals surface area contributed by atoms with E-state index in [1.807, 2.05) is 0 Å². The summed E-state index contributed by atoms with van der Waals surface area (Å²) in [5, 5.41) is 22.9. The Morgan fingerprint density at radius 3 is 2.43 bits per heavy atom. The number of aromatic nitrogens is 2. The number of carbonyl (C=O) groups excluding carboxylic acids is 2. The first-order valence-corrected chi connectivity index (χ1v) is 6.96. The zero-order valence-corrected chi connectivity index (χ0v) is 12.8. The molecule has 0 aliphatic carbocycles. The van der Waals surface area contributed by atoms with Crippen molar-refractivity contribution in [2.75, 3.05) is 0 Å². The second-order valence-electron chi connectivity index (χ2n) is 5.18. The molecule has 0 fully saturated rings. The zero-order chi connectivity index (χ0) is 17.6. The number of aliphatic hydroxyl groups excluding tert-OH is 1. The average Bonchev–Trinajstić information content (AvgIpc) is 2.98. The molecule has 0 bridgehead atoms. The molecule has 23 heavy (non-hydrogen) atoms. The SMILES string of the molecule is C[C@H](NC(=O)[C@H](Cc1cnc[nH]1)NC(=O)[C@@H](N)[C@@H](C)O)C(=O)O. The maximum Gasteiger partial charge on any atom is 0.325 e. The Bertz CT molecular complexity index is 545. The fourth-order valence-electron chi connectivity index (χ4n) is 1.69. The number of nitrogens with zero attached hydrogens (tertiary/aromatic N) is 1. The van der Waals surface area contributed by atoms with Gasteiger partial charge in [0.05, 0.1) is 12.4 Å². The summed E-state index contributed by atoms with van der Waals surface area (Å²) in [5.74, 6) is -2.60. The number of H-pyrrole nitrogens is 1. The third-order valence-corrected chi connectivity index (χ3v) is 3.16. The Hall–Kier alpha value is -2.46. The summed E-state index contributed by atoms with van der Waals surface area (Å²) >= 11 is 0. The van der Waals surface area contributed by atoms with Crippen molar-refractivity contribution in [1.82, 2.24) is 20.6 Å². The molecule has 1 heterocycles. The van der Waals surface area contributed by atoms with Crippen molar-refractivity contribution >= 4 is 17.8 Å². The molecule has 0 aliphatic heterocycles. The van der Waals surface area contributed by atoms with Crippen molar-refractivity contribution < 1.29 is 24.6 Å². The predicted octanol–water partition coefficient (Wildman–Crippen LogP) is -2.27. The molecule has 0 aliphatic rings. The van der Waals surface area contributed by atoms with Crippen LogP contribution in [0.2, 0.25) is 0 Å². The molecule has 2 amide bonds. The number of carboxylic acid groups (broad SMARTS) is 1. The van der Waals surface area contributed by atoms with Gasteiger partial charge in [-0.1, -0.05) is 0 Å². The number of nitrogens with one attached hydrogen (secondary N) is 3. The minimum absolute atomic E-state index is 0.0659. The van der Waals surface area contributed by atoms with E-state index in [-0.39, 0.29) is 6.42 Å². The van der Waals surface area contributed by atoms with Gasteiger partial charge in [-0.2, -0.15) is 0 Å². The first-order valence-electron chi connectivity index (χ1n) is 6.96. The maximum absolute atomic E-state index is 12.2. The number of nitrogens with two attached hydrogens (primary N) is 1. The van der Waals surface area contributed by atoms with E-state index in [0.29, 0.717) is 5.69 Å². The van der Waals surface area contributed by atoms with Gasteiger partial charge < -0.3 is 31.6 Å². The largest absolute Gasteiger partial charge is 0.480 e. The molecule has 0 spiro atoms. The lowest BCUT2D eigenvalue weighted by atomic mass is 10.1. The van der Waals surface area contributed by atoms with E-state index in [0.717, 1.165) is 0 Å². The average molecular weight is 327 g/mol. The van der Waals surface area contributed by atoms with Crippen molar-refractivity contribution in [3.8, 4) is 0 Å². The third kappa shape index (κ3) is 5.68. The van der Waals surface area contributed by atoms with Crippen molar-refractivity contribution in [2.24, 2.45) is 5.73 Å². The van der Waals surface area contributed by atoms with Gasteiger partial charge in [-0.05, 0) is 13.8 Å². The van der Waals surface area contributed by atoms with Crippen molar-refractivity contribution in [3.05, 3.63) is 18.2 Å². The highest BCUT2D eigenvalue weighted by Gasteiger charge is 2.28. The van der Waals surface area contributed by atoms with Crippen molar-refractivity contribution in [3.63, 3.8) is 0 Å². The van der Waals surface area contributed by atoms with Gasteiger partial charge in [0.25, 0.3) is 0 Å². The van der Waals surface area contributed by atoms with E-state index in [4.69, 9.17) is 10.8 Å². The summed E-state index contributed by atoms with van der Waals surface area (Å²) in [6.07, 6.45) is 1.86. The van der Waals surface area contributed by atoms with Crippen LogP contribution in [-0.2, 0) is 20.8 Å². The van der Waals surface area contributed by atoms with E-state index in [9.17, 15) is 19.5 Å². The first-order chi connectivity index (χ1) is 10.7. The summed E-state index contributed by atoms with van der Waals surface area (Å²) in [6, 6.07) is -3.38. The maximum atomic E-state index is 12.2. The van der Waals surface area contributed by atoms with Gasteiger partial charge in [0.2, 0.25) is 11.8 Å². The molecule has 1 rings (SSSR count). The molecule has 128 valence electrons. The van der Waals surface area contributed by atoms with Crippen LogP contribution in [0.3, 0.4) is 0 Å². The van der Waals surface area contributed by atoms with Gasteiger partial charge in [0.1, 0.15) is 18.1 Å². The minimum atomic E-state index is -1.20. The Morgan fingerprint density at radius 2 is 1.96 bits per heavy atom. The zero-order valence-electron chi connectivity index (χ0n) is 12.8. The smallest absolute Gasteiger partial charge is 0.325 e. The number of hydrogen-bond donors (Lipinski definition) is 6. The predicted molar refractivity (Wildman–Crippen MR) is 79.1 cm³/mol. The molecular formula is C13H21N5O5. The second-order valence-corrected chi connectivity index (χ2v) is 5.18. The Morgan fingerprint density at radius 1 is 1.30 bits per heavy atom. The molecule has 10 heteroatoms. The van der Waals surface area contributed by atoms with Crippen LogP contribution in [0.1, 0.15) is 19.5 Å². The fraction of sp³-hybridized carbons (Fsp3) is 0.538. The summed E-state index contributed by atoms with van der Waals surface area (Å²) in [4.78, 5) is 41.5. The van der Waals surface area contributed by atoms with Crippen LogP contribution in [0.5, 0.6) is 0 Å². The normalized spacial score (nSPS) is 16.0. The van der Waals surface area contributed by atoms with E-state index in [1.54, 1.807) is 0 Å². The van der Waals surface area contributed by atoms with E-state index in [1.165, 1.54) is 26.4 Å². The number of aliphatic hydroxyl groups is 1. The summed E-state index contributed by atoms with van der Waals surface area (Å²) in [5.41, 5.74) is 6.09. The lowest BCUT2D eigenvalue weighted by molar-refractivity contribution is -0.141. The number of amides is 2. The molecule has 0 unspecified atom stereocenters. The number of carboxylic acids is 1. The number of rotatable bonds is 8. The quantitative estimate of drug-likeness (QED) is 0.312. The first kappa shape index (κ1) is 18.6. The lowest BCUT2D eigenvalue weighted by Gasteiger charge is -2.22. The van der Waals surface area contributed by atoms with Gasteiger partial charge in [0.15, 0.2) is 0 Å². The van der Waals surface area contributed by atoms with Gasteiger partial charge in [0, 0.05) is 18.3 Å². The number of aromatic amines is 1. The van der Waals surface area contributed by atoms with E-state index >= 15 is 0 Å². The number of carbonyl (C=O) groups is 3. The summed E-state index contributed by atoms with van der Waals surface area (Å²) < 4.78 is 0. The summed E-state index contributed by atoms with van der Waals surface area (Å²) in [7, 11) is 0. The Balaban J connectivity index is 2.82. The molecular weight excluding hydrogens is 306 g/mol. The van der Waals surface area contributed by atoms with Crippen LogP contribution in [0, 0.1) is 0 Å². The molecule has 10 nitrogen and oxygen atoms in total. The van der Waals surface area contributed by atoms with Crippen LogP contribution < -0.4 is 16.4 Å². The fourth-order valence-corrected chi connectivity index (χ4v) is 1.69. The summed E-state index contributed by atoms with van der Waals surface area (Å²) in [6.45, 7) is 2.65. The molecule has 1 aromatic rings. The molecule has 7 N–H and O–H groups in total. The van der Waals surface area contributed by atoms with Crippen molar-refractivity contribution in [1.29, 1.82) is 0 Å². The molecule has 0 aromatic carbocycles. The monoisotopic (exact) mass is 327 g/mol. The van der Waals surface area contributed by atoms with Gasteiger partial charge >= 0.3 is 5.97 Å². The van der Waals surface area contributed by atoms with Crippen LogP contribution >= 0.6 is 0 Å². The topological polar surface area (TPSA) is 170 Å². The molecule has 0 saturated carbocycles. The Kier molecular flexibility index (Phi) is 6.66. The molecule has 0 radical (unpaired) electrons. The molecule has 4 atom stereocenters. The van der Waals surface area contributed by atoms with Crippen molar-refractivity contribution in [2.45, 2.75) is 44.5 Å². The van der Waals surface area contributed by atoms with Crippen LogP contribution in [0.4, 0.5) is 0 Å². The number of imidazole rings is 1. The van der Waals surface area contributed by atoms with E-state index in [2.05, 4.69) is 20.6 Å². The van der Waals surface area contributed by atoms with Gasteiger partial charge in [-0.3, -0.25) is 14.4 Å². The molecule has 1 aromatic heterocycles. The van der Waals surface area contributed by atoms with Gasteiger partial charge in [-0.15, -0.1) is 0 Å². The highest BCUT2D eigenvalue weighted by atomic mass is 16.4. The standard InChI is InChI=1S/C13H21N5O5/c1-6(13(22)23)17-11(20)9(3-8-4-15-5-16-8)18-12(21)10(14)7(2)19/h4-7,9-10,19H,3,14H2,1-2H3,(H,15,16)(H,17,20)(H,18,21)(H,22,23)/t6-,7+,9-,10-/m0/s1. The van der Waals surface area contributed by atoms with Crippen LogP contribution in [0.25, 0.3) is 0 Å². The molecule has 0 saturated heterocycles. The number of aliphatic carboxylic acids is 1. The number of hydrogen-bond acceptors (Lipinski definition) is 6. The second kappa shape index (κ2) is 8.25.